The summed E-state index contributed by atoms with van der Waals surface area (Å²) in [4.78, 5) is 9.93. The van der Waals surface area contributed by atoms with Gasteiger partial charge in [0.25, 0.3) is 0 Å². The second kappa shape index (κ2) is 9.62. The number of piperidine rings is 3. The molecule has 4 aliphatic rings. The van der Waals surface area contributed by atoms with Crippen molar-refractivity contribution in [2.24, 2.45) is 11.8 Å². The smallest absolute Gasteiger partial charge is 0.129 e. The first kappa shape index (κ1) is 21.5. The summed E-state index contributed by atoms with van der Waals surface area (Å²) in [6.45, 7) is 5.20. The van der Waals surface area contributed by atoms with E-state index in [1.54, 1.807) is 14.2 Å². The fraction of sp³-hybridized carbons (Fsp3) is 0.519. The zero-order valence-electron chi connectivity index (χ0n) is 19.2. The van der Waals surface area contributed by atoms with Crippen molar-refractivity contribution in [1.29, 1.82) is 0 Å². The monoisotopic (exact) mass is 431 g/mol. The molecular weight excluding hydrogens is 398 g/mol. The van der Waals surface area contributed by atoms with Gasteiger partial charge in [-0.15, -0.1) is 0 Å². The molecule has 2 aromatic rings. The van der Waals surface area contributed by atoms with Gasteiger partial charge < -0.3 is 19.3 Å². The lowest BCUT2D eigenvalue weighted by molar-refractivity contribution is -0.00461. The van der Waals surface area contributed by atoms with Crippen LogP contribution < -0.4 is 4.90 Å². The molecule has 5 heteroatoms. The van der Waals surface area contributed by atoms with Gasteiger partial charge in [0.1, 0.15) is 18.0 Å². The summed E-state index contributed by atoms with van der Waals surface area (Å²) in [5, 5.41) is 0. The van der Waals surface area contributed by atoms with E-state index in [0.29, 0.717) is 5.92 Å². The lowest BCUT2D eigenvalue weighted by Crippen LogP contribution is -2.46. The van der Waals surface area contributed by atoms with Gasteiger partial charge in [-0.1, -0.05) is 42.2 Å². The van der Waals surface area contributed by atoms with E-state index in [0.717, 1.165) is 49.0 Å². The molecule has 168 valence electrons. The Morgan fingerprint density at radius 3 is 2.28 bits per heavy atom. The number of pyridine rings is 1. The standard InChI is InChI=1S/C27H33N3O2/c1-31-25-18-30(19-26(25)32-2)27-11-10-22(24(28-27)16-20-6-4-3-5-7-20)8-9-23-17-29-14-12-21(23)13-15-29/h3-7,10-11,21,23,25-26H,12-19H2,1-2H3/t23?,25-,26+. The van der Waals surface area contributed by atoms with Crippen molar-refractivity contribution in [3.63, 3.8) is 0 Å². The lowest BCUT2D eigenvalue weighted by atomic mass is 9.79. The number of hydrogen-bond donors (Lipinski definition) is 0. The van der Waals surface area contributed by atoms with Gasteiger partial charge in [-0.25, -0.2) is 4.98 Å². The third-order valence-electron chi connectivity index (χ3n) is 7.37. The number of aromatic nitrogens is 1. The van der Waals surface area contributed by atoms with Crippen LogP contribution >= 0.6 is 0 Å². The summed E-state index contributed by atoms with van der Waals surface area (Å²) >= 11 is 0. The van der Waals surface area contributed by atoms with Gasteiger partial charge in [-0.05, 0) is 49.5 Å². The van der Waals surface area contributed by atoms with Gasteiger partial charge in [-0.2, -0.15) is 0 Å². The average molecular weight is 432 g/mol. The summed E-state index contributed by atoms with van der Waals surface area (Å²) in [5.41, 5.74) is 3.37. The van der Waals surface area contributed by atoms with E-state index >= 15 is 0 Å². The van der Waals surface area contributed by atoms with E-state index in [1.807, 2.05) is 0 Å². The van der Waals surface area contributed by atoms with Gasteiger partial charge in [0.2, 0.25) is 0 Å². The summed E-state index contributed by atoms with van der Waals surface area (Å²) < 4.78 is 11.3. The number of ether oxygens (including phenoxy) is 2. The molecule has 1 aromatic carbocycles. The quantitative estimate of drug-likeness (QED) is 0.680. The minimum atomic E-state index is 0.0653. The SMILES string of the molecule is CO[C@H]1CN(c2ccc(C#CC3CN4CCC3CC4)c(Cc3ccccc3)n2)C[C@H]1OC. The molecule has 1 aromatic heterocycles. The number of hydrogen-bond acceptors (Lipinski definition) is 5. The van der Waals surface area contributed by atoms with E-state index in [9.17, 15) is 0 Å². The molecular formula is C27H33N3O2. The second-order valence-electron chi connectivity index (χ2n) is 9.29. The molecule has 4 fully saturated rings. The minimum absolute atomic E-state index is 0.0653. The number of nitrogens with zero attached hydrogens (tertiary/aromatic N) is 3. The van der Waals surface area contributed by atoms with E-state index in [2.05, 4.69) is 64.1 Å². The van der Waals surface area contributed by atoms with Crippen molar-refractivity contribution in [1.82, 2.24) is 9.88 Å². The Hall–Kier alpha value is -2.39. The third-order valence-corrected chi connectivity index (χ3v) is 7.37. The Kier molecular flexibility index (Phi) is 6.45. The largest absolute Gasteiger partial charge is 0.377 e. The van der Waals surface area contributed by atoms with E-state index in [4.69, 9.17) is 14.5 Å². The van der Waals surface area contributed by atoms with Gasteiger partial charge in [0.05, 0.1) is 5.69 Å². The van der Waals surface area contributed by atoms with Gasteiger partial charge in [0.15, 0.2) is 0 Å². The van der Waals surface area contributed by atoms with Crippen molar-refractivity contribution in [2.75, 3.05) is 51.8 Å². The van der Waals surface area contributed by atoms with E-state index in [1.165, 1.54) is 31.5 Å². The maximum atomic E-state index is 5.63. The molecule has 1 unspecified atom stereocenters. The molecule has 0 amide bonds. The van der Waals surface area contributed by atoms with Gasteiger partial charge in [-0.3, -0.25) is 0 Å². The molecule has 4 aliphatic heterocycles. The molecule has 4 saturated heterocycles. The first-order valence-electron chi connectivity index (χ1n) is 11.8. The topological polar surface area (TPSA) is 37.8 Å². The Morgan fingerprint density at radius 2 is 1.66 bits per heavy atom. The summed E-state index contributed by atoms with van der Waals surface area (Å²) in [5.74, 6) is 9.40. The van der Waals surface area contributed by atoms with Crippen molar-refractivity contribution in [2.45, 2.75) is 31.5 Å². The van der Waals surface area contributed by atoms with Crippen molar-refractivity contribution in [3.8, 4) is 11.8 Å². The van der Waals surface area contributed by atoms with E-state index < -0.39 is 0 Å². The molecule has 0 aliphatic carbocycles. The van der Waals surface area contributed by atoms with Gasteiger partial charge in [0, 0.05) is 51.8 Å². The molecule has 2 bridgehead atoms. The first-order valence-corrected chi connectivity index (χ1v) is 11.8. The van der Waals surface area contributed by atoms with E-state index in [-0.39, 0.29) is 12.2 Å². The van der Waals surface area contributed by atoms with Crippen LogP contribution in [0.5, 0.6) is 0 Å². The molecule has 3 atom stereocenters. The van der Waals surface area contributed by atoms with Crippen LogP contribution in [0.25, 0.3) is 0 Å². The highest BCUT2D eigenvalue weighted by atomic mass is 16.5. The highest BCUT2D eigenvalue weighted by Crippen LogP contribution is 2.32. The summed E-state index contributed by atoms with van der Waals surface area (Å²) in [6.07, 6.45) is 3.51. The highest BCUT2D eigenvalue weighted by molar-refractivity contribution is 5.49. The highest BCUT2D eigenvalue weighted by Gasteiger charge is 2.34. The van der Waals surface area contributed by atoms with Gasteiger partial charge >= 0.3 is 0 Å². The Morgan fingerprint density at radius 1 is 0.938 bits per heavy atom. The Balaban J connectivity index is 1.42. The van der Waals surface area contributed by atoms with Crippen LogP contribution in [0.3, 0.4) is 0 Å². The van der Waals surface area contributed by atoms with Crippen LogP contribution in [0.2, 0.25) is 0 Å². The minimum Gasteiger partial charge on any atom is -0.377 e. The molecule has 0 N–H and O–H groups in total. The molecule has 5 heterocycles. The van der Waals surface area contributed by atoms with Crippen molar-refractivity contribution < 1.29 is 9.47 Å². The molecule has 0 saturated carbocycles. The number of fused-ring (bicyclic) bond motifs is 3. The fourth-order valence-electron chi connectivity index (χ4n) is 5.39. The van der Waals surface area contributed by atoms with Crippen LogP contribution in [0.1, 0.15) is 29.7 Å². The Labute approximate surface area is 191 Å². The zero-order chi connectivity index (χ0) is 21.9. The van der Waals surface area contributed by atoms with Crippen LogP contribution in [-0.2, 0) is 15.9 Å². The number of methoxy groups -OCH3 is 2. The lowest BCUT2D eigenvalue weighted by Gasteiger charge is -2.42. The number of rotatable bonds is 5. The van der Waals surface area contributed by atoms with Crippen LogP contribution in [-0.4, -0.2) is 69.0 Å². The molecule has 6 rings (SSSR count). The predicted molar refractivity (Wildman–Crippen MR) is 127 cm³/mol. The predicted octanol–water partition coefficient (Wildman–Crippen LogP) is 3.22. The second-order valence-corrected chi connectivity index (χ2v) is 9.29. The molecule has 0 spiro atoms. The molecule has 0 radical (unpaired) electrons. The number of anilines is 1. The van der Waals surface area contributed by atoms with Crippen molar-refractivity contribution in [3.05, 3.63) is 59.3 Å². The van der Waals surface area contributed by atoms with Crippen LogP contribution in [0.4, 0.5) is 5.82 Å². The fourth-order valence-corrected chi connectivity index (χ4v) is 5.39. The first-order chi connectivity index (χ1) is 15.7. The number of benzene rings is 1. The van der Waals surface area contributed by atoms with Crippen LogP contribution in [0, 0.1) is 23.7 Å². The molecule has 5 nitrogen and oxygen atoms in total. The average Bonchev–Trinajstić information content (AvgIpc) is 3.28. The third kappa shape index (κ3) is 4.54. The normalized spacial score (nSPS) is 29.1. The maximum Gasteiger partial charge on any atom is 0.129 e. The molecule has 32 heavy (non-hydrogen) atoms. The summed E-state index contributed by atoms with van der Waals surface area (Å²) in [6, 6.07) is 14.8. The summed E-state index contributed by atoms with van der Waals surface area (Å²) in [7, 11) is 3.50. The Bertz CT molecular complexity index is 963. The zero-order valence-corrected chi connectivity index (χ0v) is 19.2. The van der Waals surface area contributed by atoms with Crippen molar-refractivity contribution >= 4 is 5.82 Å². The maximum absolute atomic E-state index is 5.63. The van der Waals surface area contributed by atoms with Crippen LogP contribution in [0.15, 0.2) is 42.5 Å².